The van der Waals surface area contributed by atoms with E-state index >= 15 is 0 Å². The summed E-state index contributed by atoms with van der Waals surface area (Å²) in [6.45, 7) is 4.51. The fourth-order valence-electron chi connectivity index (χ4n) is 2.68. The number of carbonyl (C=O) groups is 2. The van der Waals surface area contributed by atoms with E-state index in [-0.39, 0.29) is 42.1 Å². The van der Waals surface area contributed by atoms with Gasteiger partial charge >= 0.3 is 0 Å². The molecule has 0 heterocycles. The van der Waals surface area contributed by atoms with Crippen LogP contribution >= 0.6 is 0 Å². The summed E-state index contributed by atoms with van der Waals surface area (Å²) in [6.07, 6.45) is 0.832. The Morgan fingerprint density at radius 2 is 1.71 bits per heavy atom. The Morgan fingerprint density at radius 3 is 2.39 bits per heavy atom. The zero-order chi connectivity index (χ0) is 22.9. The summed E-state index contributed by atoms with van der Waals surface area (Å²) < 4.78 is 31.9. The van der Waals surface area contributed by atoms with Crippen LogP contribution in [0, 0.1) is 0 Å². The van der Waals surface area contributed by atoms with E-state index in [9.17, 15) is 18.0 Å². The van der Waals surface area contributed by atoms with Gasteiger partial charge in [0, 0.05) is 37.4 Å². The molecule has 0 fully saturated rings. The monoisotopic (exact) mass is 447 g/mol. The zero-order valence-corrected chi connectivity index (χ0v) is 18.8. The van der Waals surface area contributed by atoms with Gasteiger partial charge in [-0.25, -0.2) is 13.1 Å². The number of benzene rings is 2. The van der Waals surface area contributed by atoms with Crippen molar-refractivity contribution in [3.05, 3.63) is 65.2 Å². The quantitative estimate of drug-likeness (QED) is 0.457. The van der Waals surface area contributed by atoms with Crippen molar-refractivity contribution >= 4 is 21.8 Å². The van der Waals surface area contributed by atoms with Gasteiger partial charge in [0.2, 0.25) is 10.0 Å². The minimum Gasteiger partial charge on any atom is -0.383 e. The van der Waals surface area contributed by atoms with E-state index < -0.39 is 15.9 Å². The molecule has 2 aromatic rings. The van der Waals surface area contributed by atoms with E-state index in [0.29, 0.717) is 5.56 Å². The third-order valence-corrected chi connectivity index (χ3v) is 6.10. The molecule has 0 radical (unpaired) electrons. The number of hydrogen-bond acceptors (Lipinski definition) is 5. The zero-order valence-electron chi connectivity index (χ0n) is 18.0. The van der Waals surface area contributed by atoms with Crippen LogP contribution in [0.3, 0.4) is 0 Å². The molecule has 0 aromatic heterocycles. The van der Waals surface area contributed by atoms with Crippen LogP contribution in [-0.2, 0) is 21.3 Å². The Balaban J connectivity index is 2.03. The lowest BCUT2D eigenvalue weighted by molar-refractivity contribution is 0.0936. The van der Waals surface area contributed by atoms with E-state index in [4.69, 9.17) is 4.74 Å². The molecule has 1 unspecified atom stereocenters. The molecule has 2 rings (SSSR count). The summed E-state index contributed by atoms with van der Waals surface area (Å²) in [5.41, 5.74) is 1.50. The van der Waals surface area contributed by atoms with E-state index in [1.807, 2.05) is 13.8 Å². The number of carbonyl (C=O) groups excluding carboxylic acids is 2. The maximum Gasteiger partial charge on any atom is 0.251 e. The first kappa shape index (κ1) is 24.5. The van der Waals surface area contributed by atoms with Crippen molar-refractivity contribution in [3.63, 3.8) is 0 Å². The smallest absolute Gasteiger partial charge is 0.251 e. The normalized spacial score (nSPS) is 12.2. The predicted molar refractivity (Wildman–Crippen MR) is 118 cm³/mol. The molecular formula is C22H29N3O5S. The highest BCUT2D eigenvalue weighted by Gasteiger charge is 2.16. The Labute approximate surface area is 183 Å². The lowest BCUT2D eigenvalue weighted by Crippen LogP contribution is -2.32. The lowest BCUT2D eigenvalue weighted by Gasteiger charge is -2.12. The second-order valence-corrected chi connectivity index (χ2v) is 8.85. The van der Waals surface area contributed by atoms with Crippen molar-refractivity contribution in [2.75, 3.05) is 20.3 Å². The third kappa shape index (κ3) is 7.46. The van der Waals surface area contributed by atoms with Gasteiger partial charge in [-0.05, 0) is 49.2 Å². The second kappa shape index (κ2) is 11.6. The van der Waals surface area contributed by atoms with Crippen molar-refractivity contribution in [3.8, 4) is 0 Å². The van der Waals surface area contributed by atoms with Gasteiger partial charge in [-0.3, -0.25) is 9.59 Å². The molecule has 168 valence electrons. The third-order valence-electron chi connectivity index (χ3n) is 4.64. The molecule has 0 aliphatic rings. The Kier molecular flexibility index (Phi) is 9.17. The van der Waals surface area contributed by atoms with Gasteiger partial charge in [0.15, 0.2) is 0 Å². The van der Waals surface area contributed by atoms with Crippen molar-refractivity contribution in [2.45, 2.75) is 37.8 Å². The van der Waals surface area contributed by atoms with Crippen molar-refractivity contribution in [2.24, 2.45) is 0 Å². The largest absolute Gasteiger partial charge is 0.383 e. The number of sulfonamides is 1. The maximum atomic E-state index is 12.5. The molecule has 0 saturated heterocycles. The van der Waals surface area contributed by atoms with E-state index in [1.165, 1.54) is 25.3 Å². The fraction of sp³-hybridized carbons (Fsp3) is 0.364. The summed E-state index contributed by atoms with van der Waals surface area (Å²) in [4.78, 5) is 24.8. The van der Waals surface area contributed by atoms with Crippen LogP contribution in [0.25, 0.3) is 0 Å². The fourth-order valence-corrected chi connectivity index (χ4v) is 3.74. The number of methoxy groups -OCH3 is 1. The van der Waals surface area contributed by atoms with Crippen LogP contribution in [0.1, 0.15) is 46.5 Å². The first-order valence-corrected chi connectivity index (χ1v) is 11.5. The van der Waals surface area contributed by atoms with Crippen LogP contribution in [0.5, 0.6) is 0 Å². The first-order chi connectivity index (χ1) is 14.8. The summed E-state index contributed by atoms with van der Waals surface area (Å²) in [7, 11) is -2.26. The molecule has 0 bridgehead atoms. The predicted octanol–water partition coefficient (Wildman–Crippen LogP) is 2.07. The van der Waals surface area contributed by atoms with E-state index in [1.54, 1.807) is 30.3 Å². The average Bonchev–Trinajstić information content (AvgIpc) is 2.77. The van der Waals surface area contributed by atoms with Crippen LogP contribution < -0.4 is 15.4 Å². The molecule has 2 amide bonds. The molecule has 0 spiro atoms. The van der Waals surface area contributed by atoms with Gasteiger partial charge in [-0.1, -0.05) is 25.1 Å². The highest BCUT2D eigenvalue weighted by Crippen LogP contribution is 2.12. The van der Waals surface area contributed by atoms with Gasteiger partial charge in [0.25, 0.3) is 11.8 Å². The van der Waals surface area contributed by atoms with Crippen LogP contribution in [0.4, 0.5) is 0 Å². The van der Waals surface area contributed by atoms with Gasteiger partial charge < -0.3 is 15.4 Å². The maximum absolute atomic E-state index is 12.5. The Hall–Kier alpha value is -2.75. The Bertz CT molecular complexity index is 1010. The van der Waals surface area contributed by atoms with Gasteiger partial charge in [0.1, 0.15) is 0 Å². The number of nitrogens with one attached hydrogen (secondary N) is 3. The summed E-state index contributed by atoms with van der Waals surface area (Å²) in [5.74, 6) is -0.579. The second-order valence-electron chi connectivity index (χ2n) is 7.08. The van der Waals surface area contributed by atoms with Crippen molar-refractivity contribution in [1.82, 2.24) is 15.4 Å². The Morgan fingerprint density at radius 1 is 1.03 bits per heavy atom. The van der Waals surface area contributed by atoms with Gasteiger partial charge in [-0.2, -0.15) is 0 Å². The molecule has 3 N–H and O–H groups in total. The molecule has 8 nitrogen and oxygen atoms in total. The first-order valence-electron chi connectivity index (χ1n) is 10.0. The molecular weight excluding hydrogens is 418 g/mol. The topological polar surface area (TPSA) is 114 Å². The molecule has 1 atom stereocenters. The molecule has 0 aliphatic heterocycles. The number of hydrogen-bond donors (Lipinski definition) is 3. The minimum atomic E-state index is -3.74. The van der Waals surface area contributed by atoms with Crippen LogP contribution in [0.15, 0.2) is 53.4 Å². The minimum absolute atomic E-state index is 0.0000320. The molecule has 2 aromatic carbocycles. The summed E-state index contributed by atoms with van der Waals surface area (Å²) >= 11 is 0. The molecule has 0 aliphatic carbocycles. The van der Waals surface area contributed by atoms with E-state index in [0.717, 1.165) is 12.0 Å². The van der Waals surface area contributed by atoms with Gasteiger partial charge in [-0.15, -0.1) is 0 Å². The summed E-state index contributed by atoms with van der Waals surface area (Å²) in [6, 6.07) is 12.9. The van der Waals surface area contributed by atoms with Crippen molar-refractivity contribution < 1.29 is 22.7 Å². The van der Waals surface area contributed by atoms with Crippen molar-refractivity contribution in [1.29, 1.82) is 0 Å². The summed E-state index contributed by atoms with van der Waals surface area (Å²) in [5, 5.41) is 5.66. The molecule has 0 saturated carbocycles. The number of ether oxygens (including phenoxy) is 1. The number of rotatable bonds is 11. The lowest BCUT2D eigenvalue weighted by atomic mass is 10.1. The highest BCUT2D eigenvalue weighted by molar-refractivity contribution is 7.89. The van der Waals surface area contributed by atoms with Crippen LogP contribution in [0.2, 0.25) is 0 Å². The van der Waals surface area contributed by atoms with Gasteiger partial charge in [0.05, 0.1) is 11.5 Å². The average molecular weight is 448 g/mol. The van der Waals surface area contributed by atoms with Crippen LogP contribution in [-0.4, -0.2) is 46.5 Å². The molecule has 9 heteroatoms. The molecule has 31 heavy (non-hydrogen) atoms. The SMILES string of the molecule is CCC(C)NC(=O)c1cccc(CNC(=O)c2cccc(S(=O)(=O)NCCOC)c2)c1. The standard InChI is InChI=1S/C22H29N3O5S/c1-4-16(2)25-22(27)18-8-5-7-17(13-18)15-23-21(26)19-9-6-10-20(14-19)31(28,29)24-11-12-30-3/h5-10,13-14,16,24H,4,11-12,15H2,1-3H3,(H,23,26)(H,25,27). The number of amides is 2. The highest BCUT2D eigenvalue weighted by atomic mass is 32.2. The van der Waals surface area contributed by atoms with E-state index in [2.05, 4.69) is 15.4 Å².